The number of carbonyl (C=O) groups is 1. The van der Waals surface area contributed by atoms with E-state index >= 15 is 0 Å². The van der Waals surface area contributed by atoms with Crippen molar-refractivity contribution in [1.82, 2.24) is 30.0 Å². The van der Waals surface area contributed by atoms with E-state index in [4.69, 9.17) is 31.0 Å². The molecule has 1 saturated carbocycles. The molecule has 0 spiro atoms. The van der Waals surface area contributed by atoms with Crippen LogP contribution in [0.15, 0.2) is 46.1 Å². The lowest BCUT2D eigenvalue weighted by Crippen LogP contribution is -2.41. The third-order valence-electron chi connectivity index (χ3n) is 11.1. The van der Waals surface area contributed by atoms with Crippen molar-refractivity contribution in [2.24, 2.45) is 5.41 Å². The highest BCUT2D eigenvalue weighted by Gasteiger charge is 2.45. The number of rotatable bonds is 12. The summed E-state index contributed by atoms with van der Waals surface area (Å²) in [4.78, 5) is 32.7. The van der Waals surface area contributed by atoms with E-state index in [1.807, 2.05) is 6.92 Å². The van der Waals surface area contributed by atoms with Crippen LogP contribution in [0, 0.1) is 5.41 Å². The molecule has 51 heavy (non-hydrogen) atoms. The molecule has 1 N–H and O–H groups in total. The van der Waals surface area contributed by atoms with Gasteiger partial charge in [-0.2, -0.15) is 9.97 Å². The summed E-state index contributed by atoms with van der Waals surface area (Å²) in [6.45, 7) is 14.3. The molecule has 11 heteroatoms. The Balaban J connectivity index is 1.36. The van der Waals surface area contributed by atoms with E-state index in [0.717, 1.165) is 126 Å². The molecule has 6 rings (SSSR count). The Labute approximate surface area is 310 Å². The van der Waals surface area contributed by atoms with E-state index in [0.29, 0.717) is 29.8 Å². The molecule has 0 bridgehead atoms. The molecule has 3 aliphatic heterocycles. The highest BCUT2D eigenvalue weighted by atomic mass is 35.5. The number of hydrogen-bond donors (Lipinski definition) is 1. The minimum absolute atomic E-state index is 0.0818. The van der Waals surface area contributed by atoms with E-state index in [1.165, 1.54) is 11.1 Å². The highest BCUT2D eigenvalue weighted by molar-refractivity contribution is 6.35. The molecule has 1 aliphatic carbocycles. The topological polar surface area (TPSA) is 86.3 Å². The first-order chi connectivity index (χ1) is 24.6. The van der Waals surface area contributed by atoms with Gasteiger partial charge in [0.2, 0.25) is 0 Å². The van der Waals surface area contributed by atoms with Crippen LogP contribution in [0.25, 0.3) is 0 Å². The Morgan fingerprint density at radius 2 is 1.88 bits per heavy atom. The number of amides is 1. The first kappa shape index (κ1) is 37.6. The SMILES string of the molecule is CCCc1ccccc1C1Cc2nc(OCC3(CN4CCOCC4)CC3)nc(N3CCCN/C(=C(Cl)\C(C(=O)N(C)C)=C(/C)CC)C3)c2CN1C. The first-order valence-electron chi connectivity index (χ1n) is 19.0. The number of ether oxygens (including phenoxy) is 2. The monoisotopic (exact) mass is 719 g/mol. The van der Waals surface area contributed by atoms with Crippen LogP contribution in [0.4, 0.5) is 5.82 Å². The molecule has 2 aromatic rings. The predicted octanol–water partition coefficient (Wildman–Crippen LogP) is 5.71. The van der Waals surface area contributed by atoms with Crippen LogP contribution in [0.5, 0.6) is 6.01 Å². The van der Waals surface area contributed by atoms with Crippen molar-refractivity contribution in [1.29, 1.82) is 0 Å². The molecule has 0 radical (unpaired) electrons. The lowest BCUT2D eigenvalue weighted by Gasteiger charge is -2.37. The van der Waals surface area contributed by atoms with Crippen molar-refractivity contribution < 1.29 is 14.3 Å². The molecule has 10 nitrogen and oxygen atoms in total. The number of fused-ring (bicyclic) bond motifs is 1. The second kappa shape index (κ2) is 16.7. The van der Waals surface area contributed by atoms with Crippen molar-refractivity contribution in [2.75, 3.05) is 85.1 Å². The normalized spacial score (nSPS) is 22.3. The van der Waals surface area contributed by atoms with Gasteiger partial charge in [-0.1, -0.05) is 61.7 Å². The maximum absolute atomic E-state index is 13.4. The van der Waals surface area contributed by atoms with Gasteiger partial charge >= 0.3 is 6.01 Å². The Morgan fingerprint density at radius 3 is 2.59 bits per heavy atom. The van der Waals surface area contributed by atoms with Crippen LogP contribution in [-0.4, -0.2) is 111 Å². The second-order valence-electron chi connectivity index (χ2n) is 15.2. The molecule has 1 aromatic carbocycles. The molecule has 1 atom stereocenters. The van der Waals surface area contributed by atoms with Gasteiger partial charge in [0.05, 0.1) is 48.4 Å². The maximum atomic E-state index is 13.4. The Bertz CT molecular complexity index is 1610. The number of aromatic nitrogens is 2. The first-order valence-corrected chi connectivity index (χ1v) is 19.4. The fraction of sp³-hybridized carbons (Fsp3) is 0.625. The highest BCUT2D eigenvalue weighted by Crippen LogP contribution is 2.47. The molecule has 1 aromatic heterocycles. The smallest absolute Gasteiger partial charge is 0.318 e. The molecule has 4 heterocycles. The van der Waals surface area contributed by atoms with Gasteiger partial charge in [0.25, 0.3) is 5.91 Å². The largest absolute Gasteiger partial charge is 0.463 e. The summed E-state index contributed by atoms with van der Waals surface area (Å²) in [7, 11) is 5.77. The zero-order valence-electron chi connectivity index (χ0n) is 31.7. The molecule has 278 valence electrons. The summed E-state index contributed by atoms with van der Waals surface area (Å²) in [5.41, 5.74) is 7.53. The van der Waals surface area contributed by atoms with Gasteiger partial charge in [0.1, 0.15) is 5.82 Å². The number of carbonyl (C=O) groups excluding carboxylic acids is 1. The average Bonchev–Trinajstić information content (AvgIpc) is 3.94. The third kappa shape index (κ3) is 8.73. The van der Waals surface area contributed by atoms with Gasteiger partial charge in [-0.25, -0.2) is 0 Å². The Morgan fingerprint density at radius 1 is 1.12 bits per heavy atom. The number of halogens is 1. The van der Waals surface area contributed by atoms with E-state index in [2.05, 4.69) is 65.2 Å². The molecule has 3 fully saturated rings. The zero-order valence-corrected chi connectivity index (χ0v) is 32.4. The summed E-state index contributed by atoms with van der Waals surface area (Å²) in [6, 6.07) is 9.55. The minimum Gasteiger partial charge on any atom is -0.463 e. The molecule has 1 amide bonds. The van der Waals surface area contributed by atoms with Crippen LogP contribution in [0.2, 0.25) is 0 Å². The quantitative estimate of drug-likeness (QED) is 0.277. The standard InChI is InChI=1S/C40H58ClN7O3/c1-7-12-29-13-9-10-14-30(29)34-23-32-31(24-46(34)6)37(44-39(43-32)51-27-40(15-16-40)26-47-19-21-50-22-20-47)48-18-11-17-42-33(25-48)36(41)35(28(3)8-2)38(49)45(4)5/h9-10,13-14,34,42H,7-8,11-12,15-27H2,1-6H3/b35-28-,36-33+. The lowest BCUT2D eigenvalue weighted by molar-refractivity contribution is -0.124. The van der Waals surface area contributed by atoms with Crippen LogP contribution >= 0.6 is 11.6 Å². The van der Waals surface area contributed by atoms with Crippen LogP contribution in [0.3, 0.4) is 0 Å². The number of allylic oxidation sites excluding steroid dienone is 1. The molecule has 2 saturated heterocycles. The Kier molecular flexibility index (Phi) is 12.3. The van der Waals surface area contributed by atoms with Crippen molar-refractivity contribution in [3.8, 4) is 6.01 Å². The fourth-order valence-electron chi connectivity index (χ4n) is 7.71. The number of benzene rings is 1. The number of aryl methyl sites for hydroxylation is 1. The number of nitrogens with zero attached hydrogens (tertiary/aromatic N) is 6. The number of likely N-dealkylation sites (N-methyl/N-ethyl adjacent to an activating group) is 2. The van der Waals surface area contributed by atoms with Crippen LogP contribution in [0.1, 0.15) is 81.3 Å². The van der Waals surface area contributed by atoms with Crippen LogP contribution in [-0.2, 0) is 28.9 Å². The van der Waals surface area contributed by atoms with Gasteiger partial charge in [-0.15, -0.1) is 0 Å². The van der Waals surface area contributed by atoms with E-state index in [1.54, 1.807) is 19.0 Å². The summed E-state index contributed by atoms with van der Waals surface area (Å²) in [6.07, 6.45) is 6.91. The van der Waals surface area contributed by atoms with Crippen molar-refractivity contribution in [3.05, 3.63) is 68.5 Å². The van der Waals surface area contributed by atoms with Gasteiger partial charge in [0, 0.05) is 76.8 Å². The number of hydrogen-bond acceptors (Lipinski definition) is 9. The van der Waals surface area contributed by atoms with Crippen LogP contribution < -0.4 is 15.0 Å². The summed E-state index contributed by atoms with van der Waals surface area (Å²) in [5, 5.41) is 4.07. The predicted molar refractivity (Wildman–Crippen MR) is 204 cm³/mol. The van der Waals surface area contributed by atoms with Crippen molar-refractivity contribution in [2.45, 2.75) is 78.3 Å². The summed E-state index contributed by atoms with van der Waals surface area (Å²) >= 11 is 7.18. The van der Waals surface area contributed by atoms with Crippen molar-refractivity contribution >= 4 is 23.3 Å². The second-order valence-corrected chi connectivity index (χ2v) is 15.6. The van der Waals surface area contributed by atoms with Gasteiger partial charge in [-0.05, 0) is 57.2 Å². The number of morpholine rings is 1. The summed E-state index contributed by atoms with van der Waals surface area (Å²) in [5.74, 6) is 0.823. The third-order valence-corrected chi connectivity index (χ3v) is 11.5. The van der Waals surface area contributed by atoms with Gasteiger partial charge in [0.15, 0.2) is 0 Å². The minimum atomic E-state index is -0.0818. The summed E-state index contributed by atoms with van der Waals surface area (Å²) < 4.78 is 12.2. The Hall–Kier alpha value is -3.18. The lowest BCUT2D eigenvalue weighted by atomic mass is 9.89. The van der Waals surface area contributed by atoms with Gasteiger partial charge in [-0.3, -0.25) is 14.6 Å². The average molecular weight is 720 g/mol. The number of nitrogens with one attached hydrogen (secondary N) is 1. The van der Waals surface area contributed by atoms with E-state index in [-0.39, 0.29) is 17.4 Å². The zero-order chi connectivity index (χ0) is 36.1. The van der Waals surface area contributed by atoms with Gasteiger partial charge < -0.3 is 24.6 Å². The molecular weight excluding hydrogens is 662 g/mol. The molecule has 1 unspecified atom stereocenters. The van der Waals surface area contributed by atoms with E-state index in [9.17, 15) is 4.79 Å². The van der Waals surface area contributed by atoms with E-state index < -0.39 is 0 Å². The maximum Gasteiger partial charge on any atom is 0.318 e. The number of anilines is 1. The van der Waals surface area contributed by atoms with Crippen molar-refractivity contribution in [3.63, 3.8) is 0 Å². The fourth-order valence-corrected chi connectivity index (χ4v) is 8.08. The molecular formula is C40H58ClN7O3. The molecule has 4 aliphatic rings.